The van der Waals surface area contributed by atoms with Gasteiger partial charge in [-0.2, -0.15) is 0 Å². The minimum absolute atomic E-state index is 0. The minimum atomic E-state index is 0. The Morgan fingerprint density at radius 2 is 1.25 bits per heavy atom. The molecule has 0 unspecified atom stereocenters. The fourth-order valence-electron chi connectivity index (χ4n) is 0. The van der Waals surface area contributed by atoms with Gasteiger partial charge in [-0.25, -0.2) is 0 Å². The molecule has 4 heavy (non-hydrogen) atoms. The summed E-state index contributed by atoms with van der Waals surface area (Å²) >= 11 is 0. The molecule has 0 amide bonds. The van der Waals surface area contributed by atoms with Crippen LogP contribution in [-0.4, -0.2) is 102 Å². The van der Waals surface area contributed by atoms with Gasteiger partial charge in [-0.15, -0.1) is 0 Å². The molecule has 0 bridgehead atoms. The summed E-state index contributed by atoms with van der Waals surface area (Å²) in [4.78, 5) is 0. The van der Waals surface area contributed by atoms with E-state index in [4.69, 9.17) is 0 Å². The Morgan fingerprint density at radius 1 is 1.25 bits per heavy atom. The molecule has 0 saturated heterocycles. The van der Waals surface area contributed by atoms with Gasteiger partial charge in [-0.05, 0) is 0 Å². The van der Waals surface area contributed by atoms with Gasteiger partial charge in [0.1, 0.15) is 0 Å². The van der Waals surface area contributed by atoms with E-state index in [1.807, 2.05) is 0 Å². The second-order valence-electron chi connectivity index (χ2n) is 0. The van der Waals surface area contributed by atoms with Gasteiger partial charge in [0.2, 0.25) is 0 Å². The van der Waals surface area contributed by atoms with Crippen LogP contribution in [0.25, 0.3) is 0 Å². The van der Waals surface area contributed by atoms with Crippen molar-refractivity contribution >= 4 is 102 Å². The summed E-state index contributed by atoms with van der Waals surface area (Å²) in [5, 5.41) is 0. The molecule has 0 saturated carbocycles. The van der Waals surface area contributed by atoms with Gasteiger partial charge in [0, 0.05) is 0 Å². The van der Waals surface area contributed by atoms with Crippen molar-refractivity contribution in [1.82, 2.24) is 0 Å². The third-order valence-electron chi connectivity index (χ3n) is 0. The summed E-state index contributed by atoms with van der Waals surface area (Å²) in [6.45, 7) is 0. The van der Waals surface area contributed by atoms with Gasteiger partial charge in [-0.1, -0.05) is 0 Å². The van der Waals surface area contributed by atoms with E-state index in [0.717, 1.165) is 0 Å². The molecule has 20 valence electrons. The summed E-state index contributed by atoms with van der Waals surface area (Å²) in [6, 6.07) is 0. The molecule has 0 heterocycles. The van der Waals surface area contributed by atoms with Gasteiger partial charge < -0.3 is 5.71 Å². The topological polar surface area (TPSA) is 0 Å². The molecule has 0 spiro atoms. The standard InChI is InChI=1S/Al.Ca.Mg.Sn.9H/q;2*+2;;;;;;;4*-1. The van der Waals surface area contributed by atoms with E-state index in [9.17, 15) is 0 Å². The van der Waals surface area contributed by atoms with Crippen LogP contribution < -0.4 is 0 Å². The van der Waals surface area contributed by atoms with Crippen molar-refractivity contribution in [3.8, 4) is 0 Å². The van der Waals surface area contributed by atoms with Crippen LogP contribution in [0.3, 0.4) is 0 Å². The van der Waals surface area contributed by atoms with Crippen LogP contribution in [0.5, 0.6) is 0 Å². The second kappa shape index (κ2) is 16.2. The van der Waals surface area contributed by atoms with Gasteiger partial charge in [0.05, 0.1) is 0 Å². The fraction of sp³-hybridized carbons (Fsp3) is 0. The monoisotopic (exact) mass is 220 g/mol. The zero-order chi connectivity index (χ0) is 0. The van der Waals surface area contributed by atoms with E-state index in [1.54, 1.807) is 0 Å². The van der Waals surface area contributed by atoms with E-state index in [0.29, 0.717) is 0 Å². The maximum absolute atomic E-state index is 0. The number of hydrogen-bond donors (Lipinski definition) is 0. The Labute approximate surface area is 106 Å². The predicted octanol–water partition coefficient (Wildman–Crippen LogP) is -2.41. The Balaban J connectivity index is 0. The molecule has 0 aromatic rings. The van der Waals surface area contributed by atoms with Crippen LogP contribution >= 0.6 is 0 Å². The van der Waals surface area contributed by atoms with E-state index in [1.165, 1.54) is 0 Å². The molecule has 0 aliphatic rings. The molecule has 0 rings (SSSR count). The fourth-order valence-corrected chi connectivity index (χ4v) is 0. The summed E-state index contributed by atoms with van der Waals surface area (Å²) in [6.07, 6.45) is 0. The van der Waals surface area contributed by atoms with Crippen LogP contribution in [0.4, 0.5) is 0 Å². The van der Waals surface area contributed by atoms with Gasteiger partial charge >= 0.3 is 84.7 Å². The second-order valence-corrected chi connectivity index (χ2v) is 0. The molecular formula is H9AlCaMgSn. The molecule has 0 aliphatic carbocycles. The first kappa shape index (κ1) is 26.4. The van der Waals surface area contributed by atoms with Gasteiger partial charge in [0.25, 0.3) is 0 Å². The van der Waals surface area contributed by atoms with Gasteiger partial charge in [0.15, 0.2) is 17.4 Å². The summed E-state index contributed by atoms with van der Waals surface area (Å²) in [5.41, 5.74) is 0. The summed E-state index contributed by atoms with van der Waals surface area (Å²) < 4.78 is 0. The molecule has 0 fully saturated rings. The van der Waals surface area contributed by atoms with E-state index >= 15 is 0 Å². The van der Waals surface area contributed by atoms with Crippen LogP contribution in [0.1, 0.15) is 5.71 Å². The van der Waals surface area contributed by atoms with E-state index in [2.05, 4.69) is 0 Å². The molecule has 0 aliphatic heterocycles. The zero-order valence-electron chi connectivity index (χ0n) is 6.12. The zero-order valence-corrected chi connectivity index (χ0v) is 9.78. The van der Waals surface area contributed by atoms with Gasteiger partial charge in [-0.3, -0.25) is 0 Å². The Kier molecular flexibility index (Phi) is 107. The maximum atomic E-state index is 0. The van der Waals surface area contributed by atoms with E-state index < -0.39 is 0 Å². The van der Waals surface area contributed by atoms with Crippen LogP contribution in [0.2, 0.25) is 0 Å². The third-order valence-corrected chi connectivity index (χ3v) is 0. The Hall–Kier alpha value is 3.36. The molecule has 2 radical (unpaired) electrons. The van der Waals surface area contributed by atoms with E-state index in [-0.39, 0.29) is 108 Å². The first-order valence-corrected chi connectivity index (χ1v) is 0. The normalized spacial score (nSPS) is 0. The molecule has 0 aromatic heterocycles. The van der Waals surface area contributed by atoms with Crippen LogP contribution in [-0.2, 0) is 0 Å². The molecule has 4 heteroatoms. The summed E-state index contributed by atoms with van der Waals surface area (Å²) in [7, 11) is 0. The Bertz CT molecular complexity index is 16.0. The third kappa shape index (κ3) is 9.02. The Morgan fingerprint density at radius 3 is 1.25 bits per heavy atom. The molecule has 0 aromatic carbocycles. The van der Waals surface area contributed by atoms with Crippen molar-refractivity contribution < 1.29 is 5.71 Å². The average Bonchev–Trinajstić information content (AvgIpc) is 0. The summed E-state index contributed by atoms with van der Waals surface area (Å²) in [5.74, 6) is 0. The molecule has 0 atom stereocenters. The predicted molar refractivity (Wildman–Crippen MR) is 34.4 cm³/mol. The average molecular weight is 219 g/mol. The first-order chi connectivity index (χ1) is 0. The van der Waals surface area contributed by atoms with Crippen molar-refractivity contribution in [3.63, 3.8) is 0 Å². The SMILES string of the molecule is [AlH3].[Ca+2].[H-].[H-].[H-].[H-].[Mg+2].[SnH2]. The first-order valence-electron chi connectivity index (χ1n) is 0. The van der Waals surface area contributed by atoms with Crippen molar-refractivity contribution in [2.24, 2.45) is 0 Å². The van der Waals surface area contributed by atoms with Crippen molar-refractivity contribution in [2.75, 3.05) is 0 Å². The quantitative estimate of drug-likeness (QED) is 0.398. The molecule has 0 nitrogen and oxygen atoms in total. The van der Waals surface area contributed by atoms with Crippen LogP contribution in [0.15, 0.2) is 0 Å². The van der Waals surface area contributed by atoms with Crippen molar-refractivity contribution in [2.45, 2.75) is 0 Å². The molecule has 0 N–H and O–H groups in total. The van der Waals surface area contributed by atoms with Crippen LogP contribution in [0, 0.1) is 0 Å². The van der Waals surface area contributed by atoms with Crippen molar-refractivity contribution in [3.05, 3.63) is 0 Å². The van der Waals surface area contributed by atoms with Crippen molar-refractivity contribution in [1.29, 1.82) is 0 Å². The molecular weight excluding hydrogens is 210 g/mol. The number of rotatable bonds is 0. The number of hydrogen-bond acceptors (Lipinski definition) is 0.